The van der Waals surface area contributed by atoms with E-state index in [1.165, 1.54) is 0 Å². The molecule has 1 N–H and O–H groups in total. The van der Waals surface area contributed by atoms with Crippen LogP contribution in [0.25, 0.3) is 0 Å². The number of fused-ring (bicyclic) bond motifs is 1. The van der Waals surface area contributed by atoms with Crippen molar-refractivity contribution in [3.8, 4) is 11.5 Å². The third kappa shape index (κ3) is 2.20. The highest BCUT2D eigenvalue weighted by Crippen LogP contribution is 2.41. The molecule has 0 fully saturated rings. The average molecular weight is 264 g/mol. The zero-order chi connectivity index (χ0) is 14.2. The van der Waals surface area contributed by atoms with Gasteiger partial charge in [0.15, 0.2) is 11.5 Å². The molecule has 0 bridgehead atoms. The molecule has 1 unspecified atom stereocenters. The van der Waals surface area contributed by atoms with Gasteiger partial charge in [-0.1, -0.05) is 0 Å². The zero-order valence-electron chi connectivity index (χ0n) is 12.0. The molecule has 1 aliphatic rings. The van der Waals surface area contributed by atoms with E-state index >= 15 is 0 Å². The lowest BCUT2D eigenvalue weighted by Crippen LogP contribution is -2.48. The molecule has 0 saturated carbocycles. The summed E-state index contributed by atoms with van der Waals surface area (Å²) in [5.41, 5.74) is 1.72. The Morgan fingerprint density at radius 1 is 1.21 bits per heavy atom. The van der Waals surface area contributed by atoms with E-state index in [0.717, 1.165) is 11.4 Å². The molecule has 1 amide bonds. The van der Waals surface area contributed by atoms with Crippen molar-refractivity contribution in [1.29, 1.82) is 0 Å². The topological polar surface area (TPSA) is 50.8 Å². The van der Waals surface area contributed by atoms with Crippen LogP contribution in [0, 0.1) is 0 Å². The van der Waals surface area contributed by atoms with Crippen LogP contribution in [-0.2, 0) is 4.79 Å². The fraction of sp³-hybridized carbons (Fsp3) is 0.500. The predicted molar refractivity (Wildman–Crippen MR) is 75.3 cm³/mol. The first-order valence-electron chi connectivity index (χ1n) is 6.35. The van der Waals surface area contributed by atoms with Gasteiger partial charge in [0.25, 0.3) is 0 Å². The molecule has 2 rings (SSSR count). The molecule has 5 nitrogen and oxygen atoms in total. The van der Waals surface area contributed by atoms with Gasteiger partial charge in [0.1, 0.15) is 6.04 Å². The van der Waals surface area contributed by atoms with Crippen molar-refractivity contribution in [2.24, 2.45) is 0 Å². The molecule has 0 aliphatic carbocycles. The molecular formula is C14H20N2O3. The molecule has 1 heterocycles. The van der Waals surface area contributed by atoms with Gasteiger partial charge in [0.2, 0.25) is 5.91 Å². The van der Waals surface area contributed by atoms with Crippen molar-refractivity contribution in [1.82, 2.24) is 0 Å². The number of hydrogen-bond donors (Lipinski definition) is 1. The van der Waals surface area contributed by atoms with Crippen LogP contribution in [0.5, 0.6) is 11.5 Å². The van der Waals surface area contributed by atoms with Gasteiger partial charge in [-0.3, -0.25) is 4.79 Å². The van der Waals surface area contributed by atoms with E-state index in [1.807, 2.05) is 32.9 Å². The second kappa shape index (κ2) is 4.99. The molecule has 19 heavy (non-hydrogen) atoms. The second-order valence-electron chi connectivity index (χ2n) is 4.89. The molecule has 1 aromatic carbocycles. The Balaban J connectivity index is 2.58. The molecule has 0 aromatic heterocycles. The lowest BCUT2D eigenvalue weighted by Gasteiger charge is -2.37. The minimum Gasteiger partial charge on any atom is -0.493 e. The summed E-state index contributed by atoms with van der Waals surface area (Å²) in [6, 6.07) is 3.55. The Hall–Kier alpha value is -1.91. The summed E-state index contributed by atoms with van der Waals surface area (Å²) in [4.78, 5) is 14.1. The normalized spacial score (nSPS) is 18.1. The highest BCUT2D eigenvalue weighted by molar-refractivity contribution is 6.05. The van der Waals surface area contributed by atoms with Crippen molar-refractivity contribution in [2.45, 2.75) is 32.9 Å². The highest BCUT2D eigenvalue weighted by Gasteiger charge is 2.32. The van der Waals surface area contributed by atoms with Gasteiger partial charge in [0, 0.05) is 18.2 Å². The first kappa shape index (κ1) is 13.5. The summed E-state index contributed by atoms with van der Waals surface area (Å²) in [6.45, 7) is 5.85. The van der Waals surface area contributed by atoms with Crippen LogP contribution in [-0.4, -0.2) is 32.2 Å². The van der Waals surface area contributed by atoms with Gasteiger partial charge in [-0.15, -0.1) is 0 Å². The number of nitrogens with one attached hydrogen (secondary N) is 1. The predicted octanol–water partition coefficient (Wildman–Crippen LogP) is 2.26. The molecule has 1 atom stereocenters. The molecule has 1 aliphatic heterocycles. The maximum Gasteiger partial charge on any atom is 0.249 e. The SMILES string of the molecule is COc1cc2c(cc1OC)N(C(C)C)C(=O)C(C)N2. The lowest BCUT2D eigenvalue weighted by molar-refractivity contribution is -0.119. The molecule has 5 heteroatoms. The number of ether oxygens (including phenoxy) is 2. The quantitative estimate of drug-likeness (QED) is 0.909. The third-order valence-corrected chi connectivity index (χ3v) is 3.26. The number of methoxy groups -OCH3 is 2. The summed E-state index contributed by atoms with van der Waals surface area (Å²) in [5, 5.41) is 3.19. The minimum atomic E-state index is -0.243. The van der Waals surface area contributed by atoms with E-state index in [4.69, 9.17) is 9.47 Å². The number of carbonyl (C=O) groups is 1. The fourth-order valence-corrected chi connectivity index (χ4v) is 2.34. The maximum atomic E-state index is 12.3. The van der Waals surface area contributed by atoms with E-state index in [1.54, 1.807) is 19.1 Å². The van der Waals surface area contributed by atoms with Crippen LogP contribution in [0.2, 0.25) is 0 Å². The van der Waals surface area contributed by atoms with E-state index in [0.29, 0.717) is 11.5 Å². The standard InChI is InChI=1S/C14H20N2O3/c1-8(2)16-11-7-13(19-5)12(18-4)6-10(11)15-9(3)14(16)17/h6-9,15H,1-5H3. The smallest absolute Gasteiger partial charge is 0.249 e. The first-order valence-corrected chi connectivity index (χ1v) is 6.35. The molecule has 0 spiro atoms. The van der Waals surface area contributed by atoms with Gasteiger partial charge in [-0.05, 0) is 20.8 Å². The largest absolute Gasteiger partial charge is 0.493 e. The number of benzene rings is 1. The minimum absolute atomic E-state index is 0.0646. The zero-order valence-corrected chi connectivity index (χ0v) is 12.0. The molecule has 104 valence electrons. The highest BCUT2D eigenvalue weighted by atomic mass is 16.5. The Kier molecular flexibility index (Phi) is 3.55. The molecule has 0 radical (unpaired) electrons. The lowest BCUT2D eigenvalue weighted by atomic mass is 10.1. The van der Waals surface area contributed by atoms with E-state index in [9.17, 15) is 4.79 Å². The summed E-state index contributed by atoms with van der Waals surface area (Å²) >= 11 is 0. The Bertz CT molecular complexity index is 500. The van der Waals surface area contributed by atoms with Gasteiger partial charge < -0.3 is 19.7 Å². The number of hydrogen-bond acceptors (Lipinski definition) is 4. The number of amides is 1. The summed E-state index contributed by atoms with van der Waals surface area (Å²) < 4.78 is 10.6. The van der Waals surface area contributed by atoms with Crippen LogP contribution in [0.3, 0.4) is 0 Å². The van der Waals surface area contributed by atoms with Crippen molar-refractivity contribution < 1.29 is 14.3 Å². The first-order chi connectivity index (χ1) is 8.99. The molecule has 1 aromatic rings. The Labute approximate surface area is 113 Å². The average Bonchev–Trinajstić information content (AvgIpc) is 2.38. The monoisotopic (exact) mass is 264 g/mol. The van der Waals surface area contributed by atoms with Crippen molar-refractivity contribution in [3.05, 3.63) is 12.1 Å². The molecular weight excluding hydrogens is 244 g/mol. The van der Waals surface area contributed by atoms with Gasteiger partial charge in [-0.2, -0.15) is 0 Å². The fourth-order valence-electron chi connectivity index (χ4n) is 2.34. The number of anilines is 2. The van der Waals surface area contributed by atoms with Gasteiger partial charge in [0.05, 0.1) is 25.6 Å². The summed E-state index contributed by atoms with van der Waals surface area (Å²) in [5.74, 6) is 1.34. The van der Waals surface area contributed by atoms with Crippen molar-refractivity contribution >= 4 is 17.3 Å². The number of nitrogens with zero attached hydrogens (tertiary/aromatic N) is 1. The van der Waals surface area contributed by atoms with Crippen LogP contribution < -0.4 is 19.7 Å². The Morgan fingerprint density at radius 2 is 1.79 bits per heavy atom. The maximum absolute atomic E-state index is 12.3. The van der Waals surface area contributed by atoms with Crippen molar-refractivity contribution in [3.63, 3.8) is 0 Å². The summed E-state index contributed by atoms with van der Waals surface area (Å²) in [7, 11) is 3.19. The van der Waals surface area contributed by atoms with Crippen LogP contribution in [0.4, 0.5) is 11.4 Å². The van der Waals surface area contributed by atoms with Crippen LogP contribution in [0.15, 0.2) is 12.1 Å². The number of rotatable bonds is 3. The van der Waals surface area contributed by atoms with Crippen LogP contribution >= 0.6 is 0 Å². The van der Waals surface area contributed by atoms with E-state index < -0.39 is 0 Å². The second-order valence-corrected chi connectivity index (χ2v) is 4.89. The number of carbonyl (C=O) groups excluding carboxylic acids is 1. The van der Waals surface area contributed by atoms with Crippen LogP contribution in [0.1, 0.15) is 20.8 Å². The van der Waals surface area contributed by atoms with Gasteiger partial charge in [-0.25, -0.2) is 0 Å². The Morgan fingerprint density at radius 3 is 2.32 bits per heavy atom. The van der Waals surface area contributed by atoms with E-state index in [2.05, 4.69) is 5.32 Å². The van der Waals surface area contributed by atoms with Gasteiger partial charge >= 0.3 is 0 Å². The summed E-state index contributed by atoms with van der Waals surface area (Å²) in [6.07, 6.45) is 0. The third-order valence-electron chi connectivity index (χ3n) is 3.26. The van der Waals surface area contributed by atoms with Crippen molar-refractivity contribution in [2.75, 3.05) is 24.4 Å². The van der Waals surface area contributed by atoms with E-state index in [-0.39, 0.29) is 18.0 Å². The molecule has 0 saturated heterocycles.